The van der Waals surface area contributed by atoms with Crippen LogP contribution in [0.4, 0.5) is 13.5 Å². The van der Waals surface area contributed by atoms with Gasteiger partial charge in [-0.2, -0.15) is 4.21 Å². The molecule has 1 aliphatic rings. The highest BCUT2D eigenvalue weighted by atomic mass is 32.3. The van der Waals surface area contributed by atoms with Crippen LogP contribution in [0.2, 0.25) is 0 Å². The first kappa shape index (κ1) is 25.4. The topological polar surface area (TPSA) is 147 Å². The number of aliphatic hydroxyl groups excluding tert-OH is 1. The number of esters is 3. The van der Waals surface area contributed by atoms with Crippen molar-refractivity contribution >= 4 is 34.1 Å². The van der Waals surface area contributed by atoms with E-state index in [-0.39, 0.29) is 5.75 Å². The molecule has 1 aliphatic heterocycles. The zero-order valence-electron chi connectivity index (χ0n) is 17.1. The van der Waals surface area contributed by atoms with E-state index in [0.717, 1.165) is 26.8 Å². The van der Waals surface area contributed by atoms with Crippen LogP contribution >= 0.6 is 0 Å². The summed E-state index contributed by atoms with van der Waals surface area (Å²) in [4.78, 5) is 34.3. The Balaban J connectivity index is 2.41. The van der Waals surface area contributed by atoms with Gasteiger partial charge in [0.25, 0.3) is 0 Å². The summed E-state index contributed by atoms with van der Waals surface area (Å²) in [6, 6.07) is 5.01. The molecule has 2 rings (SSSR count). The maximum Gasteiger partial charge on any atom is 0.372 e. The van der Waals surface area contributed by atoms with Gasteiger partial charge in [0.1, 0.15) is 24.1 Å². The lowest BCUT2D eigenvalue weighted by Crippen LogP contribution is -2.62. The van der Waals surface area contributed by atoms with E-state index < -0.39 is 71.4 Å². The van der Waals surface area contributed by atoms with E-state index in [2.05, 4.69) is 4.36 Å². The summed E-state index contributed by atoms with van der Waals surface area (Å²) in [6.45, 7) is 2.73. The fraction of sp³-hybridized carbons (Fsp3) is 0.500. The number of benzene rings is 1. The average molecular weight is 481 g/mol. The van der Waals surface area contributed by atoms with Crippen LogP contribution in [0.3, 0.4) is 0 Å². The van der Waals surface area contributed by atoms with E-state index in [1.54, 1.807) is 0 Å². The third-order valence-corrected chi connectivity index (χ3v) is 4.39. The molecule has 0 radical (unpaired) electrons. The second-order valence-electron chi connectivity index (χ2n) is 6.56. The molecule has 0 amide bonds. The van der Waals surface area contributed by atoms with Gasteiger partial charge < -0.3 is 28.8 Å². The highest BCUT2D eigenvalue weighted by Gasteiger charge is 2.51. The van der Waals surface area contributed by atoms with Crippen LogP contribution in [0, 0.1) is 0 Å². The molecule has 178 valence electrons. The normalized spacial score (nSPS) is 25.4. The Morgan fingerprint density at radius 3 is 2.22 bits per heavy atom. The molecule has 1 saturated heterocycles. The second kappa shape index (κ2) is 10.7. The molecule has 32 heavy (non-hydrogen) atoms. The zero-order chi connectivity index (χ0) is 24.1. The third-order valence-electron chi connectivity index (χ3n) is 3.98. The van der Waals surface area contributed by atoms with Crippen LogP contribution in [-0.4, -0.2) is 64.5 Å². The van der Waals surface area contributed by atoms with Crippen molar-refractivity contribution in [3.63, 3.8) is 0 Å². The van der Waals surface area contributed by atoms with Crippen molar-refractivity contribution < 1.29 is 55.2 Å². The van der Waals surface area contributed by atoms with Crippen LogP contribution in [0.5, 0.6) is 5.75 Å². The molecule has 11 nitrogen and oxygen atoms in total. The predicted octanol–water partition coefficient (Wildman–Crippen LogP) is 1.45. The van der Waals surface area contributed by atoms with Crippen LogP contribution in [-0.2, 0) is 43.8 Å². The first-order valence-corrected chi connectivity index (χ1v) is 10.4. The lowest BCUT2D eigenvalue weighted by Gasteiger charge is -2.42. The Bertz CT molecular complexity index is 972. The first-order valence-electron chi connectivity index (χ1n) is 9.10. The fourth-order valence-corrected chi connectivity index (χ4v) is 3.24. The number of hydrogen-bond donors (Lipinski definition) is 1. The lowest BCUT2D eigenvalue weighted by molar-refractivity contribution is -0.285. The fourth-order valence-electron chi connectivity index (χ4n) is 2.86. The van der Waals surface area contributed by atoms with Gasteiger partial charge in [0, 0.05) is 20.8 Å². The number of para-hydroxylation sites is 1. The zero-order valence-corrected chi connectivity index (χ0v) is 18.0. The van der Waals surface area contributed by atoms with E-state index >= 15 is 0 Å². The SMILES string of the molecule is CC(=O)OC[C@H]1O[C@@H](Oc2ccccc2N=S(=O)(F)F)[C@H](O)[C@@H](OC(C)=O)[C@@H]1OC(C)=O. The molecule has 0 saturated carbocycles. The summed E-state index contributed by atoms with van der Waals surface area (Å²) >= 11 is 0. The molecule has 0 aliphatic carbocycles. The molecule has 1 fully saturated rings. The maximum atomic E-state index is 12.9. The number of hydrogen-bond acceptors (Lipinski definition) is 11. The molecule has 0 unspecified atom stereocenters. The van der Waals surface area contributed by atoms with Gasteiger partial charge in [0.15, 0.2) is 18.3 Å². The van der Waals surface area contributed by atoms with E-state index in [1.165, 1.54) is 18.2 Å². The number of rotatable bonds is 7. The van der Waals surface area contributed by atoms with Crippen LogP contribution in [0.1, 0.15) is 20.8 Å². The summed E-state index contributed by atoms with van der Waals surface area (Å²) in [5, 5.41) is 10.7. The van der Waals surface area contributed by atoms with Gasteiger partial charge in [-0.15, -0.1) is 4.36 Å². The summed E-state index contributed by atoms with van der Waals surface area (Å²) in [5.74, 6) is -2.69. The standard InChI is InChI=1S/C18H21F2NO10S/c1-9(22)27-8-14-16(28-10(2)23)17(29-11(3)24)15(25)18(31-14)30-13-7-5-4-6-12(13)21-32(19,20)26/h4-7,14-18,25H,8H2,1-3H3/t14-,15-,16-,17-,18-/m1/s1. The summed E-state index contributed by atoms with van der Waals surface area (Å²) in [5.41, 5.74) is -0.499. The van der Waals surface area contributed by atoms with Gasteiger partial charge in [-0.05, 0) is 12.1 Å². The van der Waals surface area contributed by atoms with Gasteiger partial charge in [0.2, 0.25) is 6.29 Å². The van der Waals surface area contributed by atoms with Crippen molar-refractivity contribution in [3.05, 3.63) is 24.3 Å². The highest BCUT2D eigenvalue weighted by molar-refractivity contribution is 7.83. The molecular weight excluding hydrogens is 460 g/mol. The number of aliphatic hydroxyl groups is 1. The van der Waals surface area contributed by atoms with E-state index in [0.29, 0.717) is 0 Å². The molecule has 1 heterocycles. The molecule has 5 atom stereocenters. The first-order chi connectivity index (χ1) is 14.9. The van der Waals surface area contributed by atoms with Crippen LogP contribution < -0.4 is 4.74 Å². The second-order valence-corrected chi connectivity index (χ2v) is 7.53. The van der Waals surface area contributed by atoms with Crippen molar-refractivity contribution in [2.45, 2.75) is 51.5 Å². The maximum absolute atomic E-state index is 12.9. The Hall–Kier alpha value is -2.84. The van der Waals surface area contributed by atoms with Crippen molar-refractivity contribution in [1.29, 1.82) is 0 Å². The smallest absolute Gasteiger partial charge is 0.372 e. The quantitative estimate of drug-likeness (QED) is 0.345. The van der Waals surface area contributed by atoms with Crippen LogP contribution in [0.15, 0.2) is 28.6 Å². The van der Waals surface area contributed by atoms with Gasteiger partial charge >= 0.3 is 28.4 Å². The molecular formula is C18H21F2NO10S. The number of carbonyl (C=O) groups is 3. The van der Waals surface area contributed by atoms with Crippen LogP contribution in [0.25, 0.3) is 0 Å². The average Bonchev–Trinajstić information content (AvgIpc) is 2.65. The highest BCUT2D eigenvalue weighted by Crippen LogP contribution is 2.34. The number of carbonyl (C=O) groups excluding carboxylic acids is 3. The molecule has 1 aromatic rings. The van der Waals surface area contributed by atoms with E-state index in [1.807, 2.05) is 0 Å². The summed E-state index contributed by atoms with van der Waals surface area (Å²) in [6.07, 6.45) is -7.62. The van der Waals surface area contributed by atoms with Crippen molar-refractivity contribution in [3.8, 4) is 5.75 Å². The minimum atomic E-state index is -5.52. The Morgan fingerprint density at radius 2 is 1.66 bits per heavy atom. The van der Waals surface area contributed by atoms with Crippen molar-refractivity contribution in [1.82, 2.24) is 0 Å². The minimum Gasteiger partial charge on any atom is -0.463 e. The van der Waals surface area contributed by atoms with Crippen molar-refractivity contribution in [2.75, 3.05) is 6.61 Å². The van der Waals surface area contributed by atoms with E-state index in [9.17, 15) is 31.5 Å². The van der Waals surface area contributed by atoms with Gasteiger partial charge in [-0.3, -0.25) is 14.4 Å². The Labute approximate surface area is 182 Å². The summed E-state index contributed by atoms with van der Waals surface area (Å²) in [7, 11) is -5.52. The van der Waals surface area contributed by atoms with Gasteiger partial charge in [-0.1, -0.05) is 19.9 Å². The lowest BCUT2D eigenvalue weighted by atomic mass is 9.98. The van der Waals surface area contributed by atoms with Crippen molar-refractivity contribution in [2.24, 2.45) is 4.36 Å². The number of ether oxygens (including phenoxy) is 5. The third kappa shape index (κ3) is 7.39. The van der Waals surface area contributed by atoms with Gasteiger partial charge in [0.05, 0.1) is 0 Å². The number of nitrogens with zero attached hydrogens (tertiary/aromatic N) is 1. The monoisotopic (exact) mass is 481 g/mol. The Morgan fingerprint density at radius 1 is 1.06 bits per heavy atom. The van der Waals surface area contributed by atoms with E-state index in [4.69, 9.17) is 23.7 Å². The van der Waals surface area contributed by atoms with Gasteiger partial charge in [-0.25, -0.2) is 0 Å². The Kier molecular flexibility index (Phi) is 8.46. The predicted molar refractivity (Wildman–Crippen MR) is 102 cm³/mol. The molecule has 0 bridgehead atoms. The molecule has 0 aromatic heterocycles. The molecule has 0 spiro atoms. The molecule has 1 aromatic carbocycles. The largest absolute Gasteiger partial charge is 0.463 e. The summed E-state index contributed by atoms with van der Waals surface area (Å²) < 4.78 is 65.5. The number of halogens is 2. The molecule has 14 heteroatoms. The molecule has 1 N–H and O–H groups in total. The minimum absolute atomic E-state index is 0.335.